The summed E-state index contributed by atoms with van der Waals surface area (Å²) in [6.07, 6.45) is 4.81. The number of para-hydroxylation sites is 3. The number of rotatable bonds is 13. The van der Waals surface area contributed by atoms with Crippen LogP contribution < -0.4 is 20.9 Å². The highest BCUT2D eigenvalue weighted by Crippen LogP contribution is 2.42. The van der Waals surface area contributed by atoms with Crippen molar-refractivity contribution in [3.63, 3.8) is 0 Å². The molecular weight excluding hydrogens is 600 g/mol. The smallest absolute Gasteiger partial charge is 0.256 e. The average molecular weight is 643 g/mol. The molecule has 1 heterocycles. The predicted octanol–water partition coefficient (Wildman–Crippen LogP) is 6.93. The van der Waals surface area contributed by atoms with Crippen molar-refractivity contribution in [3.05, 3.63) is 120 Å². The van der Waals surface area contributed by atoms with Crippen LogP contribution in [0.4, 0.5) is 22.7 Å². The lowest BCUT2D eigenvalue weighted by atomic mass is 9.82. The fourth-order valence-electron chi connectivity index (χ4n) is 6.69. The lowest BCUT2D eigenvalue weighted by Gasteiger charge is -2.29. The fourth-order valence-corrected chi connectivity index (χ4v) is 6.69. The van der Waals surface area contributed by atoms with Crippen molar-refractivity contribution in [2.24, 2.45) is 23.5 Å². The Morgan fingerprint density at radius 1 is 0.792 bits per heavy atom. The van der Waals surface area contributed by atoms with E-state index in [1.54, 1.807) is 41.3 Å². The van der Waals surface area contributed by atoms with Crippen molar-refractivity contribution < 1.29 is 19.2 Å². The number of hydrogen-bond acceptors (Lipinski definition) is 5. The third-order valence-electron chi connectivity index (χ3n) is 9.42. The van der Waals surface area contributed by atoms with E-state index >= 15 is 0 Å². The quantitative estimate of drug-likeness (QED) is 0.154. The number of hydrogen-bond donors (Lipinski definition) is 2. The minimum absolute atomic E-state index is 0.156. The van der Waals surface area contributed by atoms with Crippen molar-refractivity contribution in [1.29, 1.82) is 0 Å². The van der Waals surface area contributed by atoms with Crippen LogP contribution in [0.3, 0.4) is 0 Å². The van der Waals surface area contributed by atoms with Gasteiger partial charge in [-0.25, -0.2) is 0 Å². The highest BCUT2D eigenvalue weighted by atomic mass is 16.2. The van der Waals surface area contributed by atoms with E-state index in [9.17, 15) is 19.2 Å². The van der Waals surface area contributed by atoms with Crippen molar-refractivity contribution >= 4 is 46.3 Å². The number of ketones is 1. The van der Waals surface area contributed by atoms with Gasteiger partial charge in [-0.1, -0.05) is 105 Å². The molecule has 8 nitrogen and oxygen atoms in total. The zero-order valence-electron chi connectivity index (χ0n) is 27.3. The summed E-state index contributed by atoms with van der Waals surface area (Å²) < 4.78 is 0. The third kappa shape index (κ3) is 7.18. The molecule has 3 amide bonds. The van der Waals surface area contributed by atoms with Gasteiger partial charge in [0.15, 0.2) is 5.78 Å². The van der Waals surface area contributed by atoms with Crippen LogP contribution in [0, 0.1) is 17.8 Å². The molecule has 4 aromatic rings. The number of nitrogens with two attached hydrogens (primary N) is 1. The molecule has 0 bridgehead atoms. The van der Waals surface area contributed by atoms with E-state index in [4.69, 9.17) is 5.73 Å². The maximum Gasteiger partial charge on any atom is 0.256 e. The Labute approximate surface area is 281 Å². The standard InChI is InChI=1S/C40H42N4O4/c1-2-3-19-32(38(41)46)33(24-27-22-23-27)39(47)42-34-26-43(30-16-8-5-9-17-30)35-20-10-11-21-36(35)44(40(34)48)31-18-12-15-29(25-31)37(45)28-13-6-4-7-14-28/h4-18,20-21,25,27,32-34H,2-3,19,22-24,26H2,1H3,(H2,41,46)(H,42,47)/t32-,33+,34?/m0/s1. The number of fused-ring (bicyclic) bond motifs is 1. The fraction of sp³-hybridized carbons (Fsp3) is 0.300. The van der Waals surface area contributed by atoms with E-state index in [2.05, 4.69) is 5.32 Å². The summed E-state index contributed by atoms with van der Waals surface area (Å²) in [4.78, 5) is 58.9. The Morgan fingerprint density at radius 2 is 1.42 bits per heavy atom. The third-order valence-corrected chi connectivity index (χ3v) is 9.42. The molecule has 1 aliphatic carbocycles. The van der Waals surface area contributed by atoms with E-state index in [0.717, 1.165) is 37.1 Å². The number of nitrogens with one attached hydrogen (secondary N) is 1. The molecule has 48 heavy (non-hydrogen) atoms. The van der Waals surface area contributed by atoms with Crippen LogP contribution >= 0.6 is 0 Å². The highest BCUT2D eigenvalue weighted by molar-refractivity contribution is 6.12. The highest BCUT2D eigenvalue weighted by Gasteiger charge is 2.41. The molecule has 1 fully saturated rings. The molecule has 6 rings (SSSR count). The summed E-state index contributed by atoms with van der Waals surface area (Å²) in [7, 11) is 0. The number of unbranched alkanes of at least 4 members (excludes halogenated alkanes) is 1. The Kier molecular flexibility index (Phi) is 9.99. The van der Waals surface area contributed by atoms with E-state index in [-0.39, 0.29) is 24.1 Å². The maximum absolute atomic E-state index is 14.8. The molecule has 2 aliphatic rings. The van der Waals surface area contributed by atoms with Gasteiger partial charge in [-0.05, 0) is 55.2 Å². The largest absolute Gasteiger partial charge is 0.369 e. The number of carbonyl (C=O) groups excluding carboxylic acids is 4. The Hall–Kier alpha value is -5.24. The predicted molar refractivity (Wildman–Crippen MR) is 188 cm³/mol. The van der Waals surface area contributed by atoms with Gasteiger partial charge in [0, 0.05) is 34.3 Å². The Bertz CT molecular complexity index is 1770. The van der Waals surface area contributed by atoms with Crippen LogP contribution in [0.5, 0.6) is 0 Å². The molecule has 1 saturated carbocycles. The first kappa shape index (κ1) is 32.7. The van der Waals surface area contributed by atoms with E-state index in [1.165, 1.54) is 0 Å². The lowest BCUT2D eigenvalue weighted by Crippen LogP contribution is -2.53. The minimum Gasteiger partial charge on any atom is -0.369 e. The van der Waals surface area contributed by atoms with Gasteiger partial charge >= 0.3 is 0 Å². The van der Waals surface area contributed by atoms with Gasteiger partial charge in [0.05, 0.1) is 17.9 Å². The summed E-state index contributed by atoms with van der Waals surface area (Å²) in [5.41, 5.74) is 9.67. The van der Waals surface area contributed by atoms with Crippen molar-refractivity contribution in [2.45, 2.75) is 51.5 Å². The van der Waals surface area contributed by atoms with Crippen molar-refractivity contribution in [1.82, 2.24) is 5.32 Å². The van der Waals surface area contributed by atoms with Gasteiger partial charge in [0.2, 0.25) is 11.8 Å². The number of nitrogens with zero attached hydrogens (tertiary/aromatic N) is 2. The first-order valence-electron chi connectivity index (χ1n) is 16.9. The number of primary amides is 1. The molecule has 0 aromatic heterocycles. The molecule has 1 aliphatic heterocycles. The molecular formula is C40H42N4O4. The van der Waals surface area contributed by atoms with E-state index in [0.29, 0.717) is 41.3 Å². The minimum atomic E-state index is -0.972. The van der Waals surface area contributed by atoms with Gasteiger partial charge in [-0.2, -0.15) is 0 Å². The van der Waals surface area contributed by atoms with Crippen LogP contribution in [0.1, 0.15) is 61.4 Å². The van der Waals surface area contributed by atoms with Gasteiger partial charge in [0.1, 0.15) is 6.04 Å². The second-order valence-corrected chi connectivity index (χ2v) is 12.9. The average Bonchev–Trinajstić information content (AvgIpc) is 3.95. The van der Waals surface area contributed by atoms with Crippen LogP contribution in [-0.4, -0.2) is 36.1 Å². The lowest BCUT2D eigenvalue weighted by molar-refractivity contribution is -0.135. The zero-order valence-corrected chi connectivity index (χ0v) is 27.3. The van der Waals surface area contributed by atoms with Crippen LogP contribution in [-0.2, 0) is 14.4 Å². The molecule has 246 valence electrons. The van der Waals surface area contributed by atoms with Crippen LogP contribution in [0.2, 0.25) is 0 Å². The molecule has 4 aromatic carbocycles. The molecule has 1 unspecified atom stereocenters. The first-order chi connectivity index (χ1) is 23.4. The molecule has 0 saturated heterocycles. The number of amides is 3. The van der Waals surface area contributed by atoms with E-state index in [1.807, 2.05) is 84.6 Å². The summed E-state index contributed by atoms with van der Waals surface area (Å²) in [5, 5.41) is 3.10. The topological polar surface area (TPSA) is 113 Å². The Balaban J connectivity index is 1.41. The Morgan fingerprint density at radius 3 is 2.08 bits per heavy atom. The monoisotopic (exact) mass is 642 g/mol. The summed E-state index contributed by atoms with van der Waals surface area (Å²) in [6.45, 7) is 2.21. The molecule has 3 N–H and O–H groups in total. The molecule has 0 spiro atoms. The van der Waals surface area contributed by atoms with Crippen molar-refractivity contribution in [3.8, 4) is 0 Å². The SMILES string of the molecule is CCCC[C@H](C(N)=O)[C@@H](CC1CC1)C(=O)NC1CN(c2ccccc2)c2ccccc2N(c2cccc(C(=O)c3ccccc3)c2)C1=O. The van der Waals surface area contributed by atoms with Crippen molar-refractivity contribution in [2.75, 3.05) is 16.3 Å². The van der Waals surface area contributed by atoms with Gasteiger partial charge in [-0.3, -0.25) is 24.1 Å². The second-order valence-electron chi connectivity index (χ2n) is 12.9. The summed E-state index contributed by atoms with van der Waals surface area (Å²) in [6, 6.07) is 32.5. The molecule has 0 radical (unpaired) electrons. The first-order valence-corrected chi connectivity index (χ1v) is 16.9. The van der Waals surface area contributed by atoms with E-state index < -0.39 is 23.8 Å². The second kappa shape index (κ2) is 14.7. The number of anilines is 4. The normalized spacial score (nSPS) is 17.2. The van der Waals surface area contributed by atoms with Crippen LogP contribution in [0.15, 0.2) is 109 Å². The summed E-state index contributed by atoms with van der Waals surface area (Å²) >= 11 is 0. The van der Waals surface area contributed by atoms with Gasteiger partial charge in [0.25, 0.3) is 5.91 Å². The summed E-state index contributed by atoms with van der Waals surface area (Å²) in [5.74, 6) is -2.15. The molecule has 8 heteroatoms. The van der Waals surface area contributed by atoms with Crippen LogP contribution in [0.25, 0.3) is 0 Å². The molecule has 3 atom stereocenters. The van der Waals surface area contributed by atoms with Gasteiger partial charge in [-0.15, -0.1) is 0 Å². The zero-order chi connectivity index (χ0) is 33.6. The number of carbonyl (C=O) groups is 4. The van der Waals surface area contributed by atoms with Gasteiger partial charge < -0.3 is 16.0 Å². The number of benzene rings is 4. The maximum atomic E-state index is 14.8.